The Hall–Kier alpha value is -0.680. The highest BCUT2D eigenvalue weighted by molar-refractivity contribution is 7.15. The summed E-state index contributed by atoms with van der Waals surface area (Å²) in [5.41, 5.74) is 0. The van der Waals surface area contributed by atoms with E-state index in [1.54, 1.807) is 0 Å². The number of nitrogens with one attached hydrogen (secondary N) is 1. The third-order valence-electron chi connectivity index (χ3n) is 1.42. The zero-order valence-electron chi connectivity index (χ0n) is 8.08. The van der Waals surface area contributed by atoms with Crippen molar-refractivity contribution >= 4 is 34.0 Å². The number of carbonyl (C=O) groups excluding carboxylic acids is 1. The molecule has 1 aromatic heterocycles. The van der Waals surface area contributed by atoms with Crippen LogP contribution in [0.3, 0.4) is 0 Å². The first-order valence-electron chi connectivity index (χ1n) is 4.30. The van der Waals surface area contributed by atoms with Crippen LogP contribution < -0.4 is 5.32 Å². The molecule has 1 aromatic rings. The van der Waals surface area contributed by atoms with E-state index in [1.807, 2.05) is 13.8 Å². The van der Waals surface area contributed by atoms with Crippen molar-refractivity contribution < 1.29 is 4.79 Å². The molecule has 0 fully saturated rings. The first kappa shape index (κ1) is 11.4. The number of hydrogen-bond donors (Lipinski definition) is 1. The van der Waals surface area contributed by atoms with E-state index in [-0.39, 0.29) is 5.91 Å². The molecule has 0 unspecified atom stereocenters. The third-order valence-corrected chi connectivity index (χ3v) is 2.67. The maximum absolute atomic E-state index is 11.3. The molecule has 1 amide bonds. The molecule has 0 aliphatic rings. The van der Waals surface area contributed by atoms with E-state index in [0.717, 1.165) is 0 Å². The van der Waals surface area contributed by atoms with Gasteiger partial charge in [-0.25, -0.2) is 0 Å². The van der Waals surface area contributed by atoms with Crippen LogP contribution in [0, 0.1) is 5.92 Å². The number of alkyl halides is 1. The minimum absolute atomic E-state index is 0.0303. The number of rotatable bonds is 4. The first-order valence-corrected chi connectivity index (χ1v) is 5.65. The summed E-state index contributed by atoms with van der Waals surface area (Å²) in [7, 11) is 0. The Kier molecular flexibility index (Phi) is 4.28. The standard InChI is InChI=1S/C8H12ClN3OS/c1-5(2)3-6(13)10-8-12-11-7(4-9)14-8/h5H,3-4H2,1-2H3,(H,10,12,13). The van der Waals surface area contributed by atoms with Crippen molar-refractivity contribution in [3.63, 3.8) is 0 Å². The molecule has 0 saturated heterocycles. The van der Waals surface area contributed by atoms with Crippen molar-refractivity contribution in [1.82, 2.24) is 10.2 Å². The molecule has 0 radical (unpaired) electrons. The Morgan fingerprint density at radius 1 is 1.57 bits per heavy atom. The van der Waals surface area contributed by atoms with Crippen molar-refractivity contribution in [1.29, 1.82) is 0 Å². The highest BCUT2D eigenvalue weighted by Gasteiger charge is 2.08. The number of nitrogens with zero attached hydrogens (tertiary/aromatic N) is 2. The summed E-state index contributed by atoms with van der Waals surface area (Å²) in [6, 6.07) is 0. The van der Waals surface area contributed by atoms with Crippen LogP contribution >= 0.6 is 22.9 Å². The second kappa shape index (κ2) is 5.26. The van der Waals surface area contributed by atoms with Gasteiger partial charge in [0, 0.05) is 6.42 Å². The molecule has 0 aromatic carbocycles. The van der Waals surface area contributed by atoms with Gasteiger partial charge in [-0.05, 0) is 5.92 Å². The van der Waals surface area contributed by atoms with Crippen LogP contribution in [0.5, 0.6) is 0 Å². The van der Waals surface area contributed by atoms with Gasteiger partial charge in [0.25, 0.3) is 0 Å². The monoisotopic (exact) mass is 233 g/mol. The molecule has 0 aliphatic heterocycles. The van der Waals surface area contributed by atoms with Crippen LogP contribution in [0.1, 0.15) is 25.3 Å². The fourth-order valence-corrected chi connectivity index (χ4v) is 1.72. The van der Waals surface area contributed by atoms with E-state index in [0.29, 0.717) is 28.4 Å². The molecule has 78 valence electrons. The van der Waals surface area contributed by atoms with Gasteiger partial charge in [0.1, 0.15) is 5.01 Å². The Morgan fingerprint density at radius 2 is 2.29 bits per heavy atom. The Labute approximate surface area is 91.7 Å². The molecule has 0 atom stereocenters. The van der Waals surface area contributed by atoms with E-state index >= 15 is 0 Å². The second-order valence-corrected chi connectivity index (χ2v) is 4.61. The summed E-state index contributed by atoms with van der Waals surface area (Å²) < 4.78 is 0. The van der Waals surface area contributed by atoms with Crippen LogP contribution in [0.4, 0.5) is 5.13 Å². The smallest absolute Gasteiger partial charge is 0.226 e. The van der Waals surface area contributed by atoms with Gasteiger partial charge in [-0.3, -0.25) is 4.79 Å². The van der Waals surface area contributed by atoms with Crippen LogP contribution in [0.2, 0.25) is 0 Å². The Morgan fingerprint density at radius 3 is 2.79 bits per heavy atom. The highest BCUT2D eigenvalue weighted by Crippen LogP contribution is 2.17. The molecular formula is C8H12ClN3OS. The maximum Gasteiger partial charge on any atom is 0.226 e. The van der Waals surface area contributed by atoms with Gasteiger partial charge in [0.2, 0.25) is 11.0 Å². The van der Waals surface area contributed by atoms with E-state index in [1.165, 1.54) is 11.3 Å². The van der Waals surface area contributed by atoms with Gasteiger partial charge >= 0.3 is 0 Å². The maximum atomic E-state index is 11.3. The van der Waals surface area contributed by atoms with E-state index < -0.39 is 0 Å². The molecule has 14 heavy (non-hydrogen) atoms. The first-order chi connectivity index (χ1) is 6.61. The minimum atomic E-state index is -0.0303. The van der Waals surface area contributed by atoms with Gasteiger partial charge in [-0.2, -0.15) is 0 Å². The lowest BCUT2D eigenvalue weighted by molar-refractivity contribution is -0.116. The van der Waals surface area contributed by atoms with Gasteiger partial charge in [-0.15, -0.1) is 21.8 Å². The predicted molar refractivity (Wildman–Crippen MR) is 57.6 cm³/mol. The number of carbonyl (C=O) groups is 1. The second-order valence-electron chi connectivity index (χ2n) is 3.28. The number of anilines is 1. The lowest BCUT2D eigenvalue weighted by Crippen LogP contribution is -2.13. The Bertz CT molecular complexity index is 313. The van der Waals surface area contributed by atoms with Crippen molar-refractivity contribution in [2.75, 3.05) is 5.32 Å². The van der Waals surface area contributed by atoms with Crippen LogP contribution in [0.25, 0.3) is 0 Å². The molecule has 0 saturated carbocycles. The van der Waals surface area contributed by atoms with Crippen LogP contribution in [0.15, 0.2) is 0 Å². The molecule has 1 heterocycles. The number of aromatic nitrogens is 2. The average molecular weight is 234 g/mol. The molecule has 1 N–H and O–H groups in total. The largest absolute Gasteiger partial charge is 0.301 e. The normalized spacial score (nSPS) is 10.6. The summed E-state index contributed by atoms with van der Waals surface area (Å²) in [4.78, 5) is 11.3. The van der Waals surface area contributed by atoms with Crippen molar-refractivity contribution in [2.24, 2.45) is 5.92 Å². The van der Waals surface area contributed by atoms with Gasteiger partial charge < -0.3 is 5.32 Å². The van der Waals surface area contributed by atoms with Gasteiger partial charge in [0.15, 0.2) is 0 Å². The van der Waals surface area contributed by atoms with Crippen LogP contribution in [-0.4, -0.2) is 16.1 Å². The third kappa shape index (κ3) is 3.59. The predicted octanol–water partition coefficient (Wildman–Crippen LogP) is 2.26. The molecule has 0 spiro atoms. The van der Waals surface area contributed by atoms with Gasteiger partial charge in [0.05, 0.1) is 5.88 Å². The lowest BCUT2D eigenvalue weighted by Gasteiger charge is -2.02. The van der Waals surface area contributed by atoms with Gasteiger partial charge in [-0.1, -0.05) is 25.2 Å². The van der Waals surface area contributed by atoms with Crippen molar-refractivity contribution in [2.45, 2.75) is 26.1 Å². The van der Waals surface area contributed by atoms with E-state index in [4.69, 9.17) is 11.6 Å². The molecule has 0 aliphatic carbocycles. The molecule has 6 heteroatoms. The molecule has 0 bridgehead atoms. The quantitative estimate of drug-likeness (QED) is 0.812. The highest BCUT2D eigenvalue weighted by atomic mass is 35.5. The SMILES string of the molecule is CC(C)CC(=O)Nc1nnc(CCl)s1. The summed E-state index contributed by atoms with van der Waals surface area (Å²) in [6.45, 7) is 3.98. The number of halogens is 1. The summed E-state index contributed by atoms with van der Waals surface area (Å²) in [6.07, 6.45) is 0.496. The zero-order valence-corrected chi connectivity index (χ0v) is 9.65. The molecule has 4 nitrogen and oxygen atoms in total. The fourth-order valence-electron chi connectivity index (χ4n) is 0.899. The zero-order chi connectivity index (χ0) is 10.6. The lowest BCUT2D eigenvalue weighted by atomic mass is 10.1. The van der Waals surface area contributed by atoms with Crippen LogP contribution in [-0.2, 0) is 10.7 Å². The topological polar surface area (TPSA) is 54.9 Å². The number of amides is 1. The minimum Gasteiger partial charge on any atom is -0.301 e. The van der Waals surface area contributed by atoms with E-state index in [2.05, 4.69) is 15.5 Å². The summed E-state index contributed by atoms with van der Waals surface area (Å²) >= 11 is 6.86. The number of hydrogen-bond acceptors (Lipinski definition) is 4. The summed E-state index contributed by atoms with van der Waals surface area (Å²) in [5, 5.41) is 11.5. The average Bonchev–Trinajstić information content (AvgIpc) is 2.50. The fraction of sp³-hybridized carbons (Fsp3) is 0.625. The van der Waals surface area contributed by atoms with Crippen molar-refractivity contribution in [3.8, 4) is 0 Å². The molecular weight excluding hydrogens is 222 g/mol. The Balaban J connectivity index is 2.47. The van der Waals surface area contributed by atoms with Crippen molar-refractivity contribution in [3.05, 3.63) is 5.01 Å². The summed E-state index contributed by atoms with van der Waals surface area (Å²) in [5.74, 6) is 0.644. The molecule has 1 rings (SSSR count). The van der Waals surface area contributed by atoms with E-state index in [9.17, 15) is 4.79 Å².